The number of amides is 3. The fourth-order valence-electron chi connectivity index (χ4n) is 5.15. The summed E-state index contributed by atoms with van der Waals surface area (Å²) < 4.78 is 0. The number of hydrogen-bond donors (Lipinski definition) is 2. The summed E-state index contributed by atoms with van der Waals surface area (Å²) in [6.07, 6.45) is 6.23. The summed E-state index contributed by atoms with van der Waals surface area (Å²) in [5, 5.41) is 5.92. The van der Waals surface area contributed by atoms with Gasteiger partial charge in [-0.15, -0.1) is 0 Å². The van der Waals surface area contributed by atoms with E-state index in [-0.39, 0.29) is 24.1 Å². The van der Waals surface area contributed by atoms with Crippen molar-refractivity contribution in [3.63, 3.8) is 0 Å². The summed E-state index contributed by atoms with van der Waals surface area (Å²) in [7, 11) is 0. The van der Waals surface area contributed by atoms with E-state index >= 15 is 0 Å². The van der Waals surface area contributed by atoms with E-state index in [0.29, 0.717) is 18.5 Å². The lowest BCUT2D eigenvalue weighted by atomic mass is 10.0. The lowest BCUT2D eigenvalue weighted by Gasteiger charge is -2.30. The highest BCUT2D eigenvalue weighted by atomic mass is 16.2. The van der Waals surface area contributed by atoms with E-state index in [4.69, 9.17) is 0 Å². The molecule has 0 aliphatic carbocycles. The Morgan fingerprint density at radius 3 is 2.50 bits per heavy atom. The van der Waals surface area contributed by atoms with Crippen LogP contribution in [-0.4, -0.2) is 48.3 Å². The van der Waals surface area contributed by atoms with Gasteiger partial charge in [-0.1, -0.05) is 56.2 Å². The number of piperidine rings is 1. The van der Waals surface area contributed by atoms with Crippen LogP contribution in [0.25, 0.3) is 0 Å². The maximum atomic E-state index is 13.2. The molecule has 0 saturated carbocycles. The monoisotopic (exact) mass is 490 g/mol. The van der Waals surface area contributed by atoms with Crippen molar-refractivity contribution in [1.29, 1.82) is 0 Å². The molecule has 2 heterocycles. The molecule has 0 bridgehead atoms. The molecule has 2 N–H and O–H groups in total. The van der Waals surface area contributed by atoms with Gasteiger partial charge in [0.25, 0.3) is 5.91 Å². The first-order valence-electron chi connectivity index (χ1n) is 13.3. The van der Waals surface area contributed by atoms with Gasteiger partial charge in [0.2, 0.25) is 11.8 Å². The first-order chi connectivity index (χ1) is 17.6. The maximum Gasteiger partial charge on any atom is 0.255 e. The number of unbranched alkanes of at least 4 members (excludes halogenated alkanes) is 3. The van der Waals surface area contributed by atoms with Gasteiger partial charge in [0.1, 0.15) is 6.04 Å². The van der Waals surface area contributed by atoms with E-state index in [1.54, 1.807) is 4.90 Å². The van der Waals surface area contributed by atoms with Crippen molar-refractivity contribution in [2.75, 3.05) is 24.5 Å². The Hall–Kier alpha value is -3.19. The minimum Gasteiger partial charge on any atom is -0.371 e. The molecule has 2 aliphatic heterocycles. The lowest BCUT2D eigenvalue weighted by molar-refractivity contribution is -0.136. The molecule has 3 amide bonds. The fourth-order valence-corrected chi connectivity index (χ4v) is 5.15. The van der Waals surface area contributed by atoms with Crippen LogP contribution in [0.2, 0.25) is 0 Å². The van der Waals surface area contributed by atoms with Gasteiger partial charge in [-0.25, -0.2) is 0 Å². The smallest absolute Gasteiger partial charge is 0.255 e. The minimum absolute atomic E-state index is 0.111. The van der Waals surface area contributed by atoms with Gasteiger partial charge in [-0.2, -0.15) is 0 Å². The van der Waals surface area contributed by atoms with E-state index in [1.165, 1.54) is 12.0 Å². The topological polar surface area (TPSA) is 81.8 Å². The summed E-state index contributed by atoms with van der Waals surface area (Å²) in [6, 6.07) is 15.8. The Bertz CT molecular complexity index is 1060. The first-order valence-corrected chi connectivity index (χ1v) is 13.3. The molecule has 1 saturated heterocycles. The van der Waals surface area contributed by atoms with Gasteiger partial charge in [-0.3, -0.25) is 19.7 Å². The molecular weight excluding hydrogens is 452 g/mol. The summed E-state index contributed by atoms with van der Waals surface area (Å²) in [5.41, 5.74) is 4.08. The predicted molar refractivity (Wildman–Crippen MR) is 142 cm³/mol. The van der Waals surface area contributed by atoms with Gasteiger partial charge >= 0.3 is 0 Å². The zero-order valence-corrected chi connectivity index (χ0v) is 21.3. The normalized spacial score (nSPS) is 17.3. The van der Waals surface area contributed by atoms with Crippen LogP contribution in [0.1, 0.15) is 73.4 Å². The van der Waals surface area contributed by atoms with Crippen LogP contribution in [0.4, 0.5) is 5.69 Å². The number of benzene rings is 2. The SMILES string of the molecule is CCCCCN(CCCCNCc1ccccc1)c1cccc2c1CN(C1CCC(=O)NC1=O)C2=O. The molecule has 4 rings (SSSR count). The summed E-state index contributed by atoms with van der Waals surface area (Å²) in [5.74, 6) is -0.738. The third-order valence-electron chi connectivity index (χ3n) is 7.13. The number of carbonyl (C=O) groups excluding carboxylic acids is 3. The largest absolute Gasteiger partial charge is 0.371 e. The molecule has 1 unspecified atom stereocenters. The summed E-state index contributed by atoms with van der Waals surface area (Å²) >= 11 is 0. The van der Waals surface area contributed by atoms with E-state index in [9.17, 15) is 14.4 Å². The van der Waals surface area contributed by atoms with Crippen LogP contribution in [0.15, 0.2) is 48.5 Å². The number of rotatable bonds is 13. The number of carbonyl (C=O) groups is 3. The van der Waals surface area contributed by atoms with E-state index < -0.39 is 6.04 Å². The van der Waals surface area contributed by atoms with Crippen molar-refractivity contribution < 1.29 is 14.4 Å². The highest BCUT2D eigenvalue weighted by Gasteiger charge is 2.40. The maximum absolute atomic E-state index is 13.2. The Balaban J connectivity index is 1.39. The van der Waals surface area contributed by atoms with Crippen LogP contribution in [0.3, 0.4) is 0 Å². The second-order valence-corrected chi connectivity index (χ2v) is 9.77. The van der Waals surface area contributed by atoms with Crippen LogP contribution in [0.5, 0.6) is 0 Å². The van der Waals surface area contributed by atoms with E-state index in [2.05, 4.69) is 52.8 Å². The molecular formula is C29H38N4O3. The zero-order chi connectivity index (χ0) is 25.3. The third-order valence-corrected chi connectivity index (χ3v) is 7.13. The number of hydrogen-bond acceptors (Lipinski definition) is 5. The molecule has 0 radical (unpaired) electrons. The zero-order valence-electron chi connectivity index (χ0n) is 21.3. The quantitative estimate of drug-likeness (QED) is 0.328. The molecule has 2 aromatic carbocycles. The van der Waals surface area contributed by atoms with Crippen LogP contribution >= 0.6 is 0 Å². The molecule has 7 nitrogen and oxygen atoms in total. The summed E-state index contributed by atoms with van der Waals surface area (Å²) in [4.78, 5) is 41.4. The van der Waals surface area contributed by atoms with Gasteiger partial charge in [0.05, 0.1) is 0 Å². The molecule has 1 fully saturated rings. The minimum atomic E-state index is -0.584. The molecule has 36 heavy (non-hydrogen) atoms. The van der Waals surface area contributed by atoms with E-state index in [0.717, 1.165) is 63.1 Å². The highest BCUT2D eigenvalue weighted by Crippen LogP contribution is 2.34. The molecule has 192 valence electrons. The van der Waals surface area contributed by atoms with Crippen molar-refractivity contribution in [1.82, 2.24) is 15.5 Å². The van der Waals surface area contributed by atoms with Gasteiger partial charge in [0.15, 0.2) is 0 Å². The fraction of sp³-hybridized carbons (Fsp3) is 0.483. The van der Waals surface area contributed by atoms with Crippen molar-refractivity contribution in [3.8, 4) is 0 Å². The molecule has 2 aliphatic rings. The van der Waals surface area contributed by atoms with Crippen molar-refractivity contribution in [2.24, 2.45) is 0 Å². The van der Waals surface area contributed by atoms with Gasteiger partial charge < -0.3 is 15.1 Å². The predicted octanol–water partition coefficient (Wildman–Crippen LogP) is 4.01. The second kappa shape index (κ2) is 12.7. The average molecular weight is 491 g/mol. The number of nitrogens with one attached hydrogen (secondary N) is 2. The summed E-state index contributed by atoms with van der Waals surface area (Å²) in [6.45, 7) is 6.35. The lowest BCUT2D eigenvalue weighted by Crippen LogP contribution is -2.52. The van der Waals surface area contributed by atoms with Gasteiger partial charge in [-0.05, 0) is 49.9 Å². The molecule has 0 aromatic heterocycles. The number of nitrogens with zero attached hydrogens (tertiary/aromatic N) is 2. The van der Waals surface area contributed by atoms with Crippen LogP contribution in [0, 0.1) is 0 Å². The molecule has 7 heteroatoms. The Kier molecular flexibility index (Phi) is 9.11. The highest BCUT2D eigenvalue weighted by molar-refractivity contribution is 6.06. The number of fused-ring (bicyclic) bond motifs is 1. The van der Waals surface area contributed by atoms with Crippen molar-refractivity contribution in [3.05, 3.63) is 65.2 Å². The standard InChI is InChI=1S/C29H38N4O3/c1-2-3-8-18-32(19-9-7-17-30-20-22-11-5-4-6-12-22)25-14-10-13-23-24(25)21-33(29(23)36)26-15-16-27(34)31-28(26)35/h4-6,10-14,26,30H,2-3,7-9,15-21H2,1H3,(H,31,34,35). The Labute approximate surface area is 214 Å². The first kappa shape index (κ1) is 25.9. The molecule has 1 atom stereocenters. The molecule has 0 spiro atoms. The van der Waals surface area contributed by atoms with E-state index in [1.807, 2.05) is 18.2 Å². The number of anilines is 1. The average Bonchev–Trinajstić information content (AvgIpc) is 3.22. The Morgan fingerprint density at radius 1 is 0.972 bits per heavy atom. The van der Waals surface area contributed by atoms with Gasteiger partial charge in [0, 0.05) is 49.4 Å². The van der Waals surface area contributed by atoms with Crippen LogP contribution in [-0.2, 0) is 22.7 Å². The van der Waals surface area contributed by atoms with Crippen LogP contribution < -0.4 is 15.5 Å². The third kappa shape index (κ3) is 6.32. The van der Waals surface area contributed by atoms with Crippen molar-refractivity contribution in [2.45, 2.75) is 71.0 Å². The second-order valence-electron chi connectivity index (χ2n) is 9.77. The molecule has 2 aromatic rings. The van der Waals surface area contributed by atoms with Crippen molar-refractivity contribution >= 4 is 23.4 Å². The Morgan fingerprint density at radius 2 is 1.75 bits per heavy atom. The number of imide groups is 1.